The van der Waals surface area contributed by atoms with Crippen molar-refractivity contribution in [3.63, 3.8) is 0 Å². The van der Waals surface area contributed by atoms with Crippen LogP contribution in [0.4, 0.5) is 0 Å². The van der Waals surface area contributed by atoms with E-state index in [1.54, 1.807) is 26.2 Å². The Morgan fingerprint density at radius 3 is 1.46 bits per heavy atom. The Labute approximate surface area is 226 Å². The van der Waals surface area contributed by atoms with E-state index in [0.717, 1.165) is 24.2 Å². The third-order valence-corrected chi connectivity index (χ3v) is 8.23. The van der Waals surface area contributed by atoms with Crippen LogP contribution in [0.5, 0.6) is 11.5 Å². The van der Waals surface area contributed by atoms with Gasteiger partial charge in [-0.3, -0.25) is 9.59 Å². The number of rotatable bonds is 17. The van der Waals surface area contributed by atoms with Crippen LogP contribution in [0.25, 0.3) is 0 Å². The smallest absolute Gasteiger partial charge is 0.190 e. The SMILES string of the molecule is COc1cc2c(cc1OC)C(=O)C(CCC(C)CCCC(C)CCCC(C)CCCC(C)C)=C(C)C2=O. The number of ketones is 2. The molecular formula is C33H52O4. The molecule has 0 aromatic heterocycles. The van der Waals surface area contributed by atoms with Gasteiger partial charge >= 0.3 is 0 Å². The van der Waals surface area contributed by atoms with Crippen molar-refractivity contribution in [2.45, 2.75) is 112 Å². The largest absolute Gasteiger partial charge is 0.493 e. The number of hydrogen-bond acceptors (Lipinski definition) is 4. The van der Waals surface area contributed by atoms with E-state index in [4.69, 9.17) is 9.47 Å². The van der Waals surface area contributed by atoms with Crippen molar-refractivity contribution in [2.24, 2.45) is 23.7 Å². The molecule has 208 valence electrons. The second kappa shape index (κ2) is 15.3. The molecule has 3 atom stereocenters. The van der Waals surface area contributed by atoms with E-state index >= 15 is 0 Å². The molecule has 37 heavy (non-hydrogen) atoms. The van der Waals surface area contributed by atoms with Gasteiger partial charge in [-0.25, -0.2) is 0 Å². The maximum absolute atomic E-state index is 13.3. The van der Waals surface area contributed by atoms with Gasteiger partial charge in [0.2, 0.25) is 0 Å². The summed E-state index contributed by atoms with van der Waals surface area (Å²) in [5.74, 6) is 3.81. The molecule has 0 saturated carbocycles. The minimum absolute atomic E-state index is 0.0488. The Balaban J connectivity index is 1.76. The fourth-order valence-corrected chi connectivity index (χ4v) is 5.56. The molecule has 0 heterocycles. The molecule has 1 aliphatic rings. The van der Waals surface area contributed by atoms with E-state index < -0.39 is 0 Å². The lowest BCUT2D eigenvalue weighted by Crippen LogP contribution is -2.21. The average molecular weight is 513 g/mol. The highest BCUT2D eigenvalue weighted by Gasteiger charge is 2.31. The van der Waals surface area contributed by atoms with Crippen molar-refractivity contribution in [1.82, 2.24) is 0 Å². The number of hydrogen-bond donors (Lipinski definition) is 0. The van der Waals surface area contributed by atoms with Gasteiger partial charge in [0.25, 0.3) is 0 Å². The van der Waals surface area contributed by atoms with Crippen LogP contribution in [0, 0.1) is 23.7 Å². The van der Waals surface area contributed by atoms with Gasteiger partial charge < -0.3 is 9.47 Å². The van der Waals surface area contributed by atoms with Gasteiger partial charge in [-0.05, 0) is 55.6 Å². The van der Waals surface area contributed by atoms with Crippen molar-refractivity contribution < 1.29 is 19.1 Å². The fraction of sp³-hybridized carbons (Fsp3) is 0.697. The van der Waals surface area contributed by atoms with E-state index in [0.29, 0.717) is 46.1 Å². The Bertz CT molecular complexity index is 926. The third kappa shape index (κ3) is 9.30. The van der Waals surface area contributed by atoms with E-state index in [-0.39, 0.29) is 11.6 Å². The van der Waals surface area contributed by atoms with Crippen molar-refractivity contribution >= 4 is 11.6 Å². The first kappa shape index (κ1) is 31.1. The van der Waals surface area contributed by atoms with Crippen LogP contribution < -0.4 is 9.47 Å². The summed E-state index contributed by atoms with van der Waals surface area (Å²) in [6.07, 6.45) is 13.4. The van der Waals surface area contributed by atoms with Gasteiger partial charge in [0.1, 0.15) is 0 Å². The summed E-state index contributed by atoms with van der Waals surface area (Å²) >= 11 is 0. The average Bonchev–Trinajstić information content (AvgIpc) is 2.86. The Hall–Kier alpha value is -2.10. The monoisotopic (exact) mass is 512 g/mol. The zero-order valence-electron chi connectivity index (χ0n) is 24.9. The summed E-state index contributed by atoms with van der Waals surface area (Å²) in [6, 6.07) is 3.28. The van der Waals surface area contributed by atoms with E-state index in [9.17, 15) is 9.59 Å². The number of benzene rings is 1. The molecule has 3 unspecified atom stereocenters. The quantitative estimate of drug-likeness (QED) is 0.209. The lowest BCUT2D eigenvalue weighted by molar-refractivity contribution is 0.0970. The van der Waals surface area contributed by atoms with Crippen LogP contribution in [0.15, 0.2) is 23.3 Å². The van der Waals surface area contributed by atoms with Crippen LogP contribution in [-0.2, 0) is 0 Å². The number of methoxy groups -OCH3 is 2. The molecule has 0 amide bonds. The summed E-state index contributed by atoms with van der Waals surface area (Å²) < 4.78 is 10.7. The van der Waals surface area contributed by atoms with Gasteiger partial charge in [-0.1, -0.05) is 92.4 Å². The number of carbonyl (C=O) groups is 2. The molecule has 1 aromatic rings. The topological polar surface area (TPSA) is 52.6 Å². The lowest BCUT2D eigenvalue weighted by atomic mass is 9.81. The third-order valence-electron chi connectivity index (χ3n) is 8.23. The first-order valence-electron chi connectivity index (χ1n) is 14.6. The molecule has 0 spiro atoms. The Kier molecular flexibility index (Phi) is 12.9. The summed E-state index contributed by atoms with van der Waals surface area (Å²) in [5, 5.41) is 0. The van der Waals surface area contributed by atoms with Crippen LogP contribution >= 0.6 is 0 Å². The van der Waals surface area contributed by atoms with Crippen LogP contribution in [0.3, 0.4) is 0 Å². The van der Waals surface area contributed by atoms with Crippen molar-refractivity contribution in [2.75, 3.05) is 14.2 Å². The number of carbonyl (C=O) groups excluding carboxylic acids is 2. The van der Waals surface area contributed by atoms with Crippen LogP contribution in [0.1, 0.15) is 133 Å². The highest BCUT2D eigenvalue weighted by atomic mass is 16.5. The minimum atomic E-state index is -0.0822. The van der Waals surface area contributed by atoms with Crippen molar-refractivity contribution in [3.8, 4) is 11.5 Å². The molecule has 4 nitrogen and oxygen atoms in total. The summed E-state index contributed by atoms with van der Waals surface area (Å²) in [6.45, 7) is 13.5. The molecular weight excluding hydrogens is 460 g/mol. The highest BCUT2D eigenvalue weighted by molar-refractivity contribution is 6.27. The van der Waals surface area contributed by atoms with E-state index in [2.05, 4.69) is 34.6 Å². The fourth-order valence-electron chi connectivity index (χ4n) is 5.56. The minimum Gasteiger partial charge on any atom is -0.493 e. The molecule has 0 aliphatic heterocycles. The molecule has 0 radical (unpaired) electrons. The number of ether oxygens (including phenoxy) is 2. The first-order chi connectivity index (χ1) is 17.6. The molecule has 2 rings (SSSR count). The maximum atomic E-state index is 13.3. The first-order valence-corrected chi connectivity index (χ1v) is 14.6. The zero-order chi connectivity index (χ0) is 27.5. The van der Waals surface area contributed by atoms with Gasteiger partial charge in [-0.15, -0.1) is 0 Å². The molecule has 0 N–H and O–H groups in total. The number of allylic oxidation sites excluding steroid dienone is 2. The number of fused-ring (bicyclic) bond motifs is 1. The summed E-state index contributed by atoms with van der Waals surface area (Å²) in [5.41, 5.74) is 2.08. The van der Waals surface area contributed by atoms with Gasteiger partial charge in [0, 0.05) is 22.3 Å². The van der Waals surface area contributed by atoms with Crippen LogP contribution in [-0.4, -0.2) is 25.8 Å². The van der Waals surface area contributed by atoms with Crippen molar-refractivity contribution in [1.29, 1.82) is 0 Å². The van der Waals surface area contributed by atoms with E-state index in [1.165, 1.54) is 64.9 Å². The zero-order valence-corrected chi connectivity index (χ0v) is 24.9. The molecule has 0 bridgehead atoms. The maximum Gasteiger partial charge on any atom is 0.190 e. The second-order valence-electron chi connectivity index (χ2n) is 12.1. The van der Waals surface area contributed by atoms with Gasteiger partial charge in [0.15, 0.2) is 23.1 Å². The number of Topliss-reactive ketones (excluding diaryl/α,β-unsaturated/α-hetero) is 2. The molecule has 4 heteroatoms. The molecule has 0 saturated heterocycles. The van der Waals surface area contributed by atoms with Gasteiger partial charge in [-0.2, -0.15) is 0 Å². The molecule has 1 aromatic carbocycles. The molecule has 1 aliphatic carbocycles. The normalized spacial score (nSPS) is 16.1. The Morgan fingerprint density at radius 2 is 1.03 bits per heavy atom. The van der Waals surface area contributed by atoms with E-state index in [1.807, 2.05) is 0 Å². The lowest BCUT2D eigenvalue weighted by Gasteiger charge is -2.22. The summed E-state index contributed by atoms with van der Waals surface area (Å²) in [4.78, 5) is 26.3. The summed E-state index contributed by atoms with van der Waals surface area (Å²) in [7, 11) is 3.07. The predicted molar refractivity (Wildman–Crippen MR) is 154 cm³/mol. The predicted octanol–water partition coefficient (Wildman–Crippen LogP) is 9.25. The second-order valence-corrected chi connectivity index (χ2v) is 12.1. The standard InChI is InChI=1S/C33H52O4/c1-22(2)12-9-13-23(3)14-10-15-24(4)16-11-17-25(5)18-19-27-26(6)32(34)28-20-30(36-7)31(37-8)21-29(28)33(27)35/h20-25H,9-19H2,1-8H3. The van der Waals surface area contributed by atoms with Crippen molar-refractivity contribution in [3.05, 3.63) is 34.4 Å². The molecule has 0 fully saturated rings. The Morgan fingerprint density at radius 1 is 0.622 bits per heavy atom. The van der Waals surface area contributed by atoms with Gasteiger partial charge in [0.05, 0.1) is 14.2 Å². The highest BCUT2D eigenvalue weighted by Crippen LogP contribution is 2.37. The van der Waals surface area contributed by atoms with Crippen LogP contribution in [0.2, 0.25) is 0 Å².